The Kier molecular flexibility index (Phi) is 4.65. The van der Waals surface area contributed by atoms with Crippen LogP contribution in [-0.4, -0.2) is 12.6 Å². The van der Waals surface area contributed by atoms with Crippen LogP contribution in [0.3, 0.4) is 0 Å². The number of carbonyl (C=O) groups is 1. The maximum absolute atomic E-state index is 10.7. The molecule has 0 atom stereocenters. The van der Waals surface area contributed by atoms with Crippen LogP contribution in [0.25, 0.3) is 0 Å². The molecule has 0 aromatic heterocycles. The Bertz CT molecular complexity index is 269. The molecule has 80 valence electrons. The van der Waals surface area contributed by atoms with Gasteiger partial charge in [-0.1, -0.05) is 20.8 Å². The fourth-order valence-electron chi connectivity index (χ4n) is 0.916. The minimum atomic E-state index is -0.248. The molecule has 0 aromatic carbocycles. The number of ether oxygens (including phenoxy) is 1. The second kappa shape index (κ2) is 5.02. The SMILES string of the molecule is CC(=O)OCC(=C=C(C)C)C(C)(C)C. The fourth-order valence-corrected chi connectivity index (χ4v) is 0.916. The van der Waals surface area contributed by atoms with Crippen LogP contribution in [0.4, 0.5) is 0 Å². The van der Waals surface area contributed by atoms with E-state index in [0.29, 0.717) is 6.61 Å². The van der Waals surface area contributed by atoms with Gasteiger partial charge in [0.1, 0.15) is 6.61 Å². The van der Waals surface area contributed by atoms with E-state index in [0.717, 1.165) is 11.1 Å². The predicted molar refractivity (Wildman–Crippen MR) is 58.0 cm³/mol. The van der Waals surface area contributed by atoms with Gasteiger partial charge in [0.05, 0.1) is 0 Å². The lowest BCUT2D eigenvalue weighted by atomic mass is 9.87. The highest BCUT2D eigenvalue weighted by Crippen LogP contribution is 2.24. The molecule has 0 fully saturated rings. The fraction of sp³-hybridized carbons (Fsp3) is 0.667. The predicted octanol–water partition coefficient (Wildman–Crippen LogP) is 3.09. The third-order valence-electron chi connectivity index (χ3n) is 1.73. The highest BCUT2D eigenvalue weighted by molar-refractivity contribution is 5.66. The molecule has 0 aromatic rings. The molecule has 0 aliphatic carbocycles. The zero-order chi connectivity index (χ0) is 11.4. The van der Waals surface area contributed by atoms with Crippen molar-refractivity contribution in [2.45, 2.75) is 41.5 Å². The lowest BCUT2D eigenvalue weighted by Gasteiger charge is -2.20. The smallest absolute Gasteiger partial charge is 0.302 e. The molecule has 0 amide bonds. The summed E-state index contributed by atoms with van der Waals surface area (Å²) in [5, 5.41) is 0. The minimum Gasteiger partial charge on any atom is -0.461 e. The van der Waals surface area contributed by atoms with Gasteiger partial charge in [0.25, 0.3) is 0 Å². The number of rotatable bonds is 2. The Morgan fingerprint density at radius 2 is 1.71 bits per heavy atom. The van der Waals surface area contributed by atoms with Crippen molar-refractivity contribution in [3.63, 3.8) is 0 Å². The summed E-state index contributed by atoms with van der Waals surface area (Å²) in [6.07, 6.45) is 0. The van der Waals surface area contributed by atoms with Crippen molar-refractivity contribution >= 4 is 5.97 Å². The van der Waals surface area contributed by atoms with E-state index in [1.165, 1.54) is 6.92 Å². The molecular weight excluding hydrogens is 176 g/mol. The van der Waals surface area contributed by atoms with Crippen LogP contribution in [0, 0.1) is 5.41 Å². The highest BCUT2D eigenvalue weighted by atomic mass is 16.5. The summed E-state index contributed by atoms with van der Waals surface area (Å²) < 4.78 is 4.98. The van der Waals surface area contributed by atoms with Gasteiger partial charge in [0.15, 0.2) is 0 Å². The average molecular weight is 196 g/mol. The molecule has 0 saturated heterocycles. The van der Waals surface area contributed by atoms with Crippen molar-refractivity contribution in [2.75, 3.05) is 6.61 Å². The summed E-state index contributed by atoms with van der Waals surface area (Å²) in [6.45, 7) is 12.0. The molecular formula is C12H20O2. The Labute approximate surface area is 86.6 Å². The Hall–Kier alpha value is -1.01. The van der Waals surface area contributed by atoms with E-state index in [1.54, 1.807) is 0 Å². The van der Waals surface area contributed by atoms with Crippen molar-refractivity contribution in [1.82, 2.24) is 0 Å². The first-order valence-electron chi connectivity index (χ1n) is 4.80. The molecule has 0 aliphatic rings. The van der Waals surface area contributed by atoms with E-state index in [2.05, 4.69) is 26.5 Å². The zero-order valence-electron chi connectivity index (χ0n) is 10.0. The van der Waals surface area contributed by atoms with Gasteiger partial charge in [-0.25, -0.2) is 0 Å². The standard InChI is InChI=1S/C12H20O2/c1-9(2)7-11(12(4,5)6)8-14-10(3)13/h8H2,1-6H3. The van der Waals surface area contributed by atoms with Crippen LogP contribution in [0.5, 0.6) is 0 Å². The van der Waals surface area contributed by atoms with Gasteiger partial charge in [-0.15, -0.1) is 5.73 Å². The van der Waals surface area contributed by atoms with E-state index in [9.17, 15) is 4.79 Å². The Balaban J connectivity index is 4.79. The minimum absolute atomic E-state index is 0.00722. The van der Waals surface area contributed by atoms with Crippen LogP contribution < -0.4 is 0 Å². The molecule has 0 unspecified atom stereocenters. The highest BCUT2D eigenvalue weighted by Gasteiger charge is 2.17. The second-order valence-corrected chi connectivity index (χ2v) is 4.63. The average Bonchev–Trinajstić information content (AvgIpc) is 1.94. The molecule has 0 saturated carbocycles. The van der Waals surface area contributed by atoms with Crippen molar-refractivity contribution in [2.24, 2.45) is 5.41 Å². The summed E-state index contributed by atoms with van der Waals surface area (Å²) >= 11 is 0. The quantitative estimate of drug-likeness (QED) is 0.501. The first kappa shape index (κ1) is 13.0. The van der Waals surface area contributed by atoms with Gasteiger partial charge >= 0.3 is 5.97 Å². The molecule has 0 aliphatic heterocycles. The Morgan fingerprint density at radius 3 is 2.00 bits per heavy atom. The van der Waals surface area contributed by atoms with E-state index in [-0.39, 0.29) is 11.4 Å². The molecule has 0 spiro atoms. The number of carbonyl (C=O) groups excluding carboxylic acids is 1. The largest absolute Gasteiger partial charge is 0.461 e. The van der Waals surface area contributed by atoms with Gasteiger partial charge in [-0.2, -0.15) is 0 Å². The van der Waals surface area contributed by atoms with Gasteiger partial charge < -0.3 is 4.74 Å². The molecule has 0 radical (unpaired) electrons. The number of hydrogen-bond donors (Lipinski definition) is 0. The van der Waals surface area contributed by atoms with Crippen LogP contribution in [0.15, 0.2) is 16.9 Å². The van der Waals surface area contributed by atoms with Crippen molar-refractivity contribution < 1.29 is 9.53 Å². The second-order valence-electron chi connectivity index (χ2n) is 4.63. The molecule has 14 heavy (non-hydrogen) atoms. The number of esters is 1. The van der Waals surface area contributed by atoms with Crippen LogP contribution in [0.1, 0.15) is 41.5 Å². The lowest BCUT2D eigenvalue weighted by molar-refractivity contribution is -0.140. The summed E-state index contributed by atoms with van der Waals surface area (Å²) in [4.78, 5) is 10.7. The summed E-state index contributed by atoms with van der Waals surface area (Å²) in [6, 6.07) is 0. The van der Waals surface area contributed by atoms with Crippen molar-refractivity contribution in [1.29, 1.82) is 0 Å². The topological polar surface area (TPSA) is 26.3 Å². The first-order chi connectivity index (χ1) is 6.23. The van der Waals surface area contributed by atoms with Crippen LogP contribution >= 0.6 is 0 Å². The molecule has 0 heterocycles. The van der Waals surface area contributed by atoms with Crippen molar-refractivity contribution in [3.05, 3.63) is 16.9 Å². The maximum atomic E-state index is 10.7. The van der Waals surface area contributed by atoms with Crippen LogP contribution in [-0.2, 0) is 9.53 Å². The molecule has 0 bridgehead atoms. The van der Waals surface area contributed by atoms with E-state index in [4.69, 9.17) is 4.74 Å². The van der Waals surface area contributed by atoms with Gasteiger partial charge in [0.2, 0.25) is 0 Å². The van der Waals surface area contributed by atoms with Crippen molar-refractivity contribution in [3.8, 4) is 0 Å². The van der Waals surface area contributed by atoms with Gasteiger partial charge in [-0.3, -0.25) is 4.79 Å². The zero-order valence-corrected chi connectivity index (χ0v) is 10.0. The van der Waals surface area contributed by atoms with Gasteiger partial charge in [0, 0.05) is 12.5 Å². The first-order valence-corrected chi connectivity index (χ1v) is 4.80. The third-order valence-corrected chi connectivity index (χ3v) is 1.73. The molecule has 2 heteroatoms. The molecule has 0 N–H and O–H groups in total. The Morgan fingerprint density at radius 1 is 1.21 bits per heavy atom. The van der Waals surface area contributed by atoms with Crippen LogP contribution in [0.2, 0.25) is 0 Å². The van der Waals surface area contributed by atoms with E-state index >= 15 is 0 Å². The normalized spacial score (nSPS) is 10.4. The monoisotopic (exact) mass is 196 g/mol. The van der Waals surface area contributed by atoms with E-state index < -0.39 is 0 Å². The van der Waals surface area contributed by atoms with E-state index in [1.807, 2.05) is 13.8 Å². The summed E-state index contributed by atoms with van der Waals surface area (Å²) in [7, 11) is 0. The summed E-state index contributed by atoms with van der Waals surface area (Å²) in [5.74, 6) is -0.248. The number of hydrogen-bond acceptors (Lipinski definition) is 2. The summed E-state index contributed by atoms with van der Waals surface area (Å²) in [5.41, 5.74) is 5.34. The lowest BCUT2D eigenvalue weighted by Crippen LogP contribution is -2.15. The maximum Gasteiger partial charge on any atom is 0.302 e. The van der Waals surface area contributed by atoms with Gasteiger partial charge in [-0.05, 0) is 24.8 Å². The molecule has 2 nitrogen and oxygen atoms in total. The molecule has 0 rings (SSSR count). The third kappa shape index (κ3) is 5.60.